The van der Waals surface area contributed by atoms with Gasteiger partial charge in [0.15, 0.2) is 0 Å². The molecule has 0 aromatic heterocycles. The topological polar surface area (TPSA) is 64.4 Å². The molecule has 0 amide bonds. The fourth-order valence-corrected chi connectivity index (χ4v) is 2.16. The monoisotopic (exact) mass is 286 g/mol. The van der Waals surface area contributed by atoms with Gasteiger partial charge in [-0.15, -0.1) is 0 Å². The first-order chi connectivity index (χ1) is 10.2. The molecule has 1 N–H and O–H groups in total. The Morgan fingerprint density at radius 2 is 1.81 bits per heavy atom. The standard InChI is InChI=1S/C16H18N2O3/c1-21-16-9-7-14(8-10-16)17-15(12-18(19)20)11-13-5-3-2-4-6-13/h2-10,15,17H,11-12H2,1H3. The Hall–Kier alpha value is -2.56. The van der Waals surface area contributed by atoms with Gasteiger partial charge < -0.3 is 10.1 Å². The van der Waals surface area contributed by atoms with Gasteiger partial charge in [0.25, 0.3) is 0 Å². The molecule has 0 saturated carbocycles. The number of hydrogen-bond donors (Lipinski definition) is 1. The highest BCUT2D eigenvalue weighted by molar-refractivity contribution is 5.47. The Morgan fingerprint density at radius 3 is 2.38 bits per heavy atom. The number of rotatable bonds is 7. The van der Waals surface area contributed by atoms with Gasteiger partial charge in [-0.05, 0) is 36.2 Å². The Morgan fingerprint density at radius 1 is 1.14 bits per heavy atom. The number of nitro groups is 1. The van der Waals surface area contributed by atoms with E-state index in [-0.39, 0.29) is 17.5 Å². The molecule has 0 saturated heterocycles. The van der Waals surface area contributed by atoms with E-state index in [1.807, 2.05) is 54.6 Å². The molecule has 2 rings (SSSR count). The molecule has 0 aliphatic carbocycles. The van der Waals surface area contributed by atoms with E-state index in [4.69, 9.17) is 4.74 Å². The van der Waals surface area contributed by atoms with Crippen molar-refractivity contribution in [3.63, 3.8) is 0 Å². The van der Waals surface area contributed by atoms with Crippen molar-refractivity contribution in [3.8, 4) is 5.75 Å². The van der Waals surface area contributed by atoms with Crippen molar-refractivity contribution in [2.75, 3.05) is 19.0 Å². The van der Waals surface area contributed by atoms with Crippen LogP contribution >= 0.6 is 0 Å². The number of benzene rings is 2. The first kappa shape index (κ1) is 14.8. The van der Waals surface area contributed by atoms with Crippen LogP contribution in [0.15, 0.2) is 54.6 Å². The third-order valence-corrected chi connectivity index (χ3v) is 3.16. The molecular weight excluding hydrogens is 268 g/mol. The molecule has 0 aliphatic rings. The molecule has 0 radical (unpaired) electrons. The molecule has 5 heteroatoms. The summed E-state index contributed by atoms with van der Waals surface area (Å²) in [4.78, 5) is 10.5. The Balaban J connectivity index is 2.06. The highest BCUT2D eigenvalue weighted by atomic mass is 16.6. The molecule has 1 atom stereocenters. The van der Waals surface area contributed by atoms with Crippen molar-refractivity contribution < 1.29 is 9.66 Å². The Kier molecular flexibility index (Phi) is 5.15. The van der Waals surface area contributed by atoms with E-state index in [9.17, 15) is 10.1 Å². The lowest BCUT2D eigenvalue weighted by Crippen LogP contribution is -2.30. The number of hydrogen-bond acceptors (Lipinski definition) is 4. The summed E-state index contributed by atoms with van der Waals surface area (Å²) in [6, 6.07) is 16.9. The summed E-state index contributed by atoms with van der Waals surface area (Å²) in [5.41, 5.74) is 1.92. The predicted octanol–water partition coefficient (Wildman–Crippen LogP) is 3.00. The second kappa shape index (κ2) is 7.28. The highest BCUT2D eigenvalue weighted by Gasteiger charge is 2.16. The van der Waals surface area contributed by atoms with Crippen LogP contribution in [-0.2, 0) is 6.42 Å². The van der Waals surface area contributed by atoms with E-state index in [0.29, 0.717) is 6.42 Å². The zero-order valence-electron chi connectivity index (χ0n) is 11.9. The number of nitrogens with one attached hydrogen (secondary N) is 1. The van der Waals surface area contributed by atoms with E-state index in [2.05, 4.69) is 5.32 Å². The SMILES string of the molecule is COc1ccc(NC(Cc2ccccc2)C[N+](=O)[O-])cc1. The summed E-state index contributed by atoms with van der Waals surface area (Å²) in [5, 5.41) is 14.0. The Labute approximate surface area is 123 Å². The molecule has 0 aliphatic heterocycles. The van der Waals surface area contributed by atoms with Crippen molar-refractivity contribution in [2.45, 2.75) is 12.5 Å². The number of nitrogens with zero attached hydrogens (tertiary/aromatic N) is 1. The van der Waals surface area contributed by atoms with Crippen LogP contribution in [-0.4, -0.2) is 24.6 Å². The molecule has 0 spiro atoms. The van der Waals surface area contributed by atoms with Gasteiger partial charge in [-0.1, -0.05) is 30.3 Å². The first-order valence-electron chi connectivity index (χ1n) is 6.73. The quantitative estimate of drug-likeness (QED) is 0.627. The zero-order valence-corrected chi connectivity index (χ0v) is 11.9. The van der Waals surface area contributed by atoms with Crippen LogP contribution in [0.2, 0.25) is 0 Å². The van der Waals surface area contributed by atoms with Crippen LogP contribution in [0, 0.1) is 10.1 Å². The summed E-state index contributed by atoms with van der Waals surface area (Å²) in [5.74, 6) is 0.759. The molecule has 0 fully saturated rings. The van der Waals surface area contributed by atoms with Gasteiger partial charge in [0.05, 0.1) is 13.2 Å². The van der Waals surface area contributed by atoms with Crippen molar-refractivity contribution in [2.24, 2.45) is 0 Å². The van der Waals surface area contributed by atoms with E-state index < -0.39 is 0 Å². The molecule has 1 unspecified atom stereocenters. The van der Waals surface area contributed by atoms with Gasteiger partial charge in [-0.25, -0.2) is 0 Å². The molecular formula is C16H18N2O3. The van der Waals surface area contributed by atoms with Crippen molar-refractivity contribution in [1.82, 2.24) is 0 Å². The predicted molar refractivity (Wildman–Crippen MR) is 82.4 cm³/mol. The van der Waals surface area contributed by atoms with Gasteiger partial charge in [-0.2, -0.15) is 0 Å². The molecule has 110 valence electrons. The average Bonchev–Trinajstić information content (AvgIpc) is 2.48. The zero-order chi connectivity index (χ0) is 15.1. The van der Waals surface area contributed by atoms with Crippen molar-refractivity contribution >= 4 is 5.69 Å². The summed E-state index contributed by atoms with van der Waals surface area (Å²) >= 11 is 0. The fourth-order valence-electron chi connectivity index (χ4n) is 2.16. The van der Waals surface area contributed by atoms with Crippen LogP contribution < -0.4 is 10.1 Å². The van der Waals surface area contributed by atoms with Crippen molar-refractivity contribution in [3.05, 3.63) is 70.3 Å². The van der Waals surface area contributed by atoms with Gasteiger partial charge in [0.2, 0.25) is 6.54 Å². The second-order valence-corrected chi connectivity index (χ2v) is 4.77. The van der Waals surface area contributed by atoms with Crippen LogP contribution in [0.3, 0.4) is 0 Å². The van der Waals surface area contributed by atoms with Gasteiger partial charge >= 0.3 is 0 Å². The van der Waals surface area contributed by atoms with Crippen LogP contribution in [0.1, 0.15) is 5.56 Å². The third kappa shape index (κ3) is 4.80. The van der Waals surface area contributed by atoms with Crippen LogP contribution in [0.5, 0.6) is 5.75 Å². The van der Waals surface area contributed by atoms with Crippen molar-refractivity contribution in [1.29, 1.82) is 0 Å². The van der Waals surface area contributed by atoms with Crippen LogP contribution in [0.4, 0.5) is 5.69 Å². The fraction of sp³-hybridized carbons (Fsp3) is 0.250. The minimum Gasteiger partial charge on any atom is -0.497 e. The molecule has 0 bridgehead atoms. The molecule has 5 nitrogen and oxygen atoms in total. The Bertz CT molecular complexity index is 570. The minimum absolute atomic E-state index is 0.124. The summed E-state index contributed by atoms with van der Waals surface area (Å²) < 4.78 is 5.10. The lowest BCUT2D eigenvalue weighted by molar-refractivity contribution is -0.481. The molecule has 21 heavy (non-hydrogen) atoms. The van der Waals surface area contributed by atoms with E-state index in [1.54, 1.807) is 7.11 Å². The maximum absolute atomic E-state index is 10.8. The number of ether oxygens (including phenoxy) is 1. The molecule has 2 aromatic carbocycles. The molecule has 2 aromatic rings. The van der Waals surface area contributed by atoms with E-state index in [1.165, 1.54) is 0 Å². The normalized spacial score (nSPS) is 11.7. The minimum atomic E-state index is -0.288. The smallest absolute Gasteiger partial charge is 0.224 e. The van der Waals surface area contributed by atoms with Gasteiger partial charge in [-0.3, -0.25) is 10.1 Å². The first-order valence-corrected chi connectivity index (χ1v) is 6.73. The second-order valence-electron chi connectivity index (χ2n) is 4.77. The lowest BCUT2D eigenvalue weighted by Gasteiger charge is -2.16. The maximum atomic E-state index is 10.8. The largest absolute Gasteiger partial charge is 0.497 e. The average molecular weight is 286 g/mol. The summed E-state index contributed by atoms with van der Waals surface area (Å²) in [6.07, 6.45) is 0.605. The van der Waals surface area contributed by atoms with E-state index in [0.717, 1.165) is 17.0 Å². The maximum Gasteiger partial charge on any atom is 0.224 e. The lowest BCUT2D eigenvalue weighted by atomic mass is 10.1. The number of methoxy groups -OCH3 is 1. The van der Waals surface area contributed by atoms with Gasteiger partial charge in [0, 0.05) is 10.6 Å². The highest BCUT2D eigenvalue weighted by Crippen LogP contribution is 2.17. The third-order valence-electron chi connectivity index (χ3n) is 3.16. The van der Waals surface area contributed by atoms with Gasteiger partial charge in [0.1, 0.15) is 5.75 Å². The molecule has 0 heterocycles. The van der Waals surface area contributed by atoms with E-state index >= 15 is 0 Å². The number of anilines is 1. The summed E-state index contributed by atoms with van der Waals surface area (Å²) in [6.45, 7) is -0.124. The summed E-state index contributed by atoms with van der Waals surface area (Å²) in [7, 11) is 1.60. The van der Waals surface area contributed by atoms with Crippen LogP contribution in [0.25, 0.3) is 0 Å².